The summed E-state index contributed by atoms with van der Waals surface area (Å²) in [6.45, 7) is 3.88. The molecular formula is C24H24ClN3O3. The van der Waals surface area contributed by atoms with Gasteiger partial charge in [0.05, 0.1) is 0 Å². The number of unbranched alkanes of at least 4 members (excludes halogenated alkanes) is 1. The molecular weight excluding hydrogens is 414 g/mol. The number of hydrogen-bond donors (Lipinski definition) is 1. The molecule has 0 atom stereocenters. The first-order valence-corrected chi connectivity index (χ1v) is 10.9. The number of nitrogens with zero attached hydrogens (tertiary/aromatic N) is 2. The maximum Gasteiger partial charge on any atom is 0.331 e. The van der Waals surface area contributed by atoms with Crippen molar-refractivity contribution in [1.82, 2.24) is 10.2 Å². The van der Waals surface area contributed by atoms with Crippen LogP contribution in [-0.4, -0.2) is 35.8 Å². The zero-order valence-corrected chi connectivity index (χ0v) is 18.1. The number of carbonyl (C=O) groups excluding carboxylic acids is 3. The van der Waals surface area contributed by atoms with E-state index in [-0.39, 0.29) is 5.57 Å². The van der Waals surface area contributed by atoms with Crippen molar-refractivity contribution in [2.75, 3.05) is 18.0 Å². The van der Waals surface area contributed by atoms with Crippen LogP contribution in [0, 0.1) is 0 Å². The molecule has 31 heavy (non-hydrogen) atoms. The van der Waals surface area contributed by atoms with Crippen LogP contribution < -0.4 is 10.2 Å². The number of barbiturate groups is 1. The summed E-state index contributed by atoms with van der Waals surface area (Å²) in [6.07, 6.45) is 3.98. The highest BCUT2D eigenvalue weighted by molar-refractivity contribution is 6.31. The maximum atomic E-state index is 12.7. The average molecular weight is 438 g/mol. The highest BCUT2D eigenvalue weighted by Gasteiger charge is 2.35. The van der Waals surface area contributed by atoms with Gasteiger partial charge in [0.1, 0.15) is 5.57 Å². The molecule has 2 aromatic carbocycles. The topological polar surface area (TPSA) is 69.7 Å². The van der Waals surface area contributed by atoms with Gasteiger partial charge in [0, 0.05) is 30.3 Å². The number of nitrogens with one attached hydrogen (secondary N) is 1. The number of urea groups is 1. The molecule has 6 nitrogen and oxygen atoms in total. The van der Waals surface area contributed by atoms with Crippen LogP contribution >= 0.6 is 11.6 Å². The van der Waals surface area contributed by atoms with Gasteiger partial charge in [-0.2, -0.15) is 0 Å². The molecule has 2 aliphatic rings. The molecule has 0 spiro atoms. The Morgan fingerprint density at radius 1 is 1.13 bits per heavy atom. The predicted octanol–water partition coefficient (Wildman–Crippen LogP) is 4.16. The SMILES string of the molecule is CCCCN1C(=O)NC(=O)/C(=C\c2ccc3c(c2)CCN3Cc2ccccc2Cl)C1=O. The van der Waals surface area contributed by atoms with Crippen molar-refractivity contribution in [2.45, 2.75) is 32.7 Å². The van der Waals surface area contributed by atoms with E-state index in [1.807, 2.05) is 49.4 Å². The Hall–Kier alpha value is -3.12. The normalized spacial score (nSPS) is 17.4. The monoisotopic (exact) mass is 437 g/mol. The molecule has 1 saturated heterocycles. The summed E-state index contributed by atoms with van der Waals surface area (Å²) in [5.74, 6) is -1.19. The van der Waals surface area contributed by atoms with Crippen LogP contribution in [-0.2, 0) is 22.6 Å². The Bertz CT molecular complexity index is 1080. The Labute approximate surface area is 186 Å². The average Bonchev–Trinajstić information content (AvgIpc) is 3.14. The van der Waals surface area contributed by atoms with Crippen molar-refractivity contribution >= 4 is 41.2 Å². The lowest BCUT2D eigenvalue weighted by atomic mass is 10.0. The number of anilines is 1. The number of halogens is 1. The van der Waals surface area contributed by atoms with E-state index in [4.69, 9.17) is 11.6 Å². The number of hydrogen-bond acceptors (Lipinski definition) is 4. The maximum absolute atomic E-state index is 12.7. The fourth-order valence-corrected chi connectivity index (χ4v) is 4.15. The molecule has 0 radical (unpaired) electrons. The summed E-state index contributed by atoms with van der Waals surface area (Å²) in [5, 5.41) is 3.02. The van der Waals surface area contributed by atoms with Crippen LogP contribution in [0.15, 0.2) is 48.0 Å². The van der Waals surface area contributed by atoms with Crippen LogP contribution in [0.3, 0.4) is 0 Å². The highest BCUT2D eigenvalue weighted by Crippen LogP contribution is 2.32. The van der Waals surface area contributed by atoms with Crippen molar-refractivity contribution in [3.8, 4) is 0 Å². The fourth-order valence-electron chi connectivity index (χ4n) is 3.96. The Balaban J connectivity index is 1.56. The molecule has 4 amide bonds. The summed E-state index contributed by atoms with van der Waals surface area (Å²) in [4.78, 5) is 40.4. The van der Waals surface area contributed by atoms with E-state index >= 15 is 0 Å². The number of rotatable bonds is 6. The Kier molecular flexibility index (Phi) is 6.09. The highest BCUT2D eigenvalue weighted by atomic mass is 35.5. The lowest BCUT2D eigenvalue weighted by molar-refractivity contribution is -0.130. The minimum atomic E-state index is -0.649. The summed E-state index contributed by atoms with van der Waals surface area (Å²) in [5.41, 5.74) is 4.11. The van der Waals surface area contributed by atoms with Crippen LogP contribution in [0.2, 0.25) is 5.02 Å². The third kappa shape index (κ3) is 4.35. The molecule has 4 rings (SSSR count). The van der Waals surface area contributed by atoms with E-state index in [0.29, 0.717) is 13.0 Å². The van der Waals surface area contributed by atoms with Crippen molar-refractivity contribution in [2.24, 2.45) is 0 Å². The zero-order chi connectivity index (χ0) is 22.0. The van der Waals surface area contributed by atoms with Gasteiger partial charge >= 0.3 is 6.03 Å². The molecule has 2 heterocycles. The van der Waals surface area contributed by atoms with Gasteiger partial charge in [-0.1, -0.05) is 49.2 Å². The van der Waals surface area contributed by atoms with E-state index < -0.39 is 17.8 Å². The lowest BCUT2D eigenvalue weighted by Gasteiger charge is -2.26. The second kappa shape index (κ2) is 8.94. The summed E-state index contributed by atoms with van der Waals surface area (Å²) in [6, 6.07) is 13.1. The van der Waals surface area contributed by atoms with Gasteiger partial charge in [-0.3, -0.25) is 19.8 Å². The minimum Gasteiger partial charge on any atom is -0.367 e. The van der Waals surface area contributed by atoms with E-state index in [1.54, 1.807) is 6.08 Å². The van der Waals surface area contributed by atoms with Crippen molar-refractivity contribution < 1.29 is 14.4 Å². The molecule has 2 aliphatic heterocycles. The molecule has 1 N–H and O–H groups in total. The number of carbonyl (C=O) groups is 3. The van der Waals surface area contributed by atoms with E-state index in [9.17, 15) is 14.4 Å². The van der Waals surface area contributed by atoms with E-state index in [0.717, 1.165) is 58.2 Å². The van der Waals surface area contributed by atoms with Gasteiger partial charge in [-0.05, 0) is 53.8 Å². The molecule has 0 aliphatic carbocycles. The van der Waals surface area contributed by atoms with Crippen LogP contribution in [0.25, 0.3) is 6.08 Å². The Morgan fingerprint density at radius 2 is 1.94 bits per heavy atom. The molecule has 0 bridgehead atoms. The largest absolute Gasteiger partial charge is 0.367 e. The summed E-state index contributed by atoms with van der Waals surface area (Å²) < 4.78 is 0. The first-order chi connectivity index (χ1) is 15.0. The van der Waals surface area contributed by atoms with Crippen molar-refractivity contribution in [3.05, 3.63) is 69.8 Å². The van der Waals surface area contributed by atoms with Gasteiger partial charge in [0.25, 0.3) is 11.8 Å². The predicted molar refractivity (Wildman–Crippen MR) is 121 cm³/mol. The quantitative estimate of drug-likeness (QED) is 0.544. The fraction of sp³-hybridized carbons (Fsp3) is 0.292. The van der Waals surface area contributed by atoms with Crippen molar-refractivity contribution in [3.63, 3.8) is 0 Å². The first-order valence-electron chi connectivity index (χ1n) is 10.5. The number of fused-ring (bicyclic) bond motifs is 1. The van der Waals surface area contributed by atoms with E-state index in [1.165, 1.54) is 0 Å². The Morgan fingerprint density at radius 3 is 2.71 bits per heavy atom. The molecule has 0 unspecified atom stereocenters. The molecule has 0 aromatic heterocycles. The third-order valence-corrected chi connectivity index (χ3v) is 6.02. The molecule has 1 fully saturated rings. The second-order valence-corrected chi connectivity index (χ2v) is 8.19. The summed E-state index contributed by atoms with van der Waals surface area (Å²) in [7, 11) is 0. The molecule has 2 aromatic rings. The molecule has 0 saturated carbocycles. The zero-order valence-electron chi connectivity index (χ0n) is 17.4. The van der Waals surface area contributed by atoms with Crippen LogP contribution in [0.4, 0.5) is 10.5 Å². The number of imide groups is 2. The lowest BCUT2D eigenvalue weighted by Crippen LogP contribution is -2.54. The van der Waals surface area contributed by atoms with Crippen LogP contribution in [0.5, 0.6) is 0 Å². The number of amides is 4. The van der Waals surface area contributed by atoms with Crippen molar-refractivity contribution in [1.29, 1.82) is 0 Å². The molecule has 7 heteroatoms. The minimum absolute atomic E-state index is 0.0124. The first kappa shape index (κ1) is 21.1. The van der Waals surface area contributed by atoms with Gasteiger partial charge in [0.2, 0.25) is 0 Å². The second-order valence-electron chi connectivity index (χ2n) is 7.78. The van der Waals surface area contributed by atoms with Gasteiger partial charge in [-0.15, -0.1) is 0 Å². The van der Waals surface area contributed by atoms with E-state index in [2.05, 4.69) is 10.2 Å². The standard InChI is InChI=1S/C24H24ClN3O3/c1-2-3-11-28-23(30)19(22(29)26-24(28)31)14-16-8-9-21-17(13-16)10-12-27(21)15-18-6-4-5-7-20(18)25/h4-9,13-14H,2-3,10-12,15H2,1H3,(H,26,29,31)/b19-14+. The van der Waals surface area contributed by atoms with Gasteiger partial charge < -0.3 is 4.90 Å². The van der Waals surface area contributed by atoms with Gasteiger partial charge in [0.15, 0.2) is 0 Å². The van der Waals surface area contributed by atoms with Crippen LogP contribution in [0.1, 0.15) is 36.5 Å². The summed E-state index contributed by atoms with van der Waals surface area (Å²) >= 11 is 6.31. The van der Waals surface area contributed by atoms with Gasteiger partial charge in [-0.25, -0.2) is 4.79 Å². The number of benzene rings is 2. The smallest absolute Gasteiger partial charge is 0.331 e. The third-order valence-electron chi connectivity index (χ3n) is 5.65. The molecule has 160 valence electrons.